The maximum Gasteiger partial charge on any atom is 0.511 e. The Kier molecular flexibility index (Phi) is 14.8. The summed E-state index contributed by atoms with van der Waals surface area (Å²) in [5.41, 5.74) is 0.394. The highest BCUT2D eigenvalue weighted by Crippen LogP contribution is 2.36. The quantitative estimate of drug-likeness (QED) is 0.112. The molecule has 0 unspecified atom stereocenters. The minimum absolute atomic E-state index is 0.115. The Morgan fingerprint density at radius 2 is 1.33 bits per heavy atom. The van der Waals surface area contributed by atoms with Gasteiger partial charge < -0.3 is 24.4 Å². The molecule has 30 heavy (non-hydrogen) atoms. The molecule has 1 aromatic rings. The van der Waals surface area contributed by atoms with E-state index in [4.69, 9.17) is 14.6 Å². The molecule has 0 bridgehead atoms. The molecule has 0 aliphatic rings. The average molecular weight is 425 g/mol. The number of rotatable bonds is 18. The van der Waals surface area contributed by atoms with Crippen LogP contribution >= 0.6 is 0 Å². The molecule has 0 radical (unpaired) electrons. The van der Waals surface area contributed by atoms with Gasteiger partial charge in [0.05, 0.1) is 18.8 Å². The van der Waals surface area contributed by atoms with Gasteiger partial charge in [-0.3, -0.25) is 0 Å². The summed E-state index contributed by atoms with van der Waals surface area (Å²) in [5, 5.41) is 19.3. The number of phenolic OH excluding ortho intramolecular Hbond substituents is 1. The van der Waals surface area contributed by atoms with Gasteiger partial charge in [-0.25, -0.2) is 4.79 Å². The number of benzene rings is 1. The first kappa shape index (κ1) is 26.2. The fraction of sp³-hybridized carbons (Fsp3) is 0.708. The van der Waals surface area contributed by atoms with E-state index in [2.05, 4.69) is 18.6 Å². The van der Waals surface area contributed by atoms with Gasteiger partial charge in [-0.1, -0.05) is 84.1 Å². The molecule has 0 heterocycles. The zero-order valence-corrected chi connectivity index (χ0v) is 18.7. The van der Waals surface area contributed by atoms with Crippen LogP contribution in [0.2, 0.25) is 0 Å². The van der Waals surface area contributed by atoms with Crippen LogP contribution in [0.25, 0.3) is 0 Å². The summed E-state index contributed by atoms with van der Waals surface area (Å²) in [6.45, 7) is 5.44. The zero-order valence-electron chi connectivity index (χ0n) is 18.7. The summed E-state index contributed by atoms with van der Waals surface area (Å²) < 4.78 is 16.5. The summed E-state index contributed by atoms with van der Waals surface area (Å²) >= 11 is 0. The molecule has 0 aliphatic carbocycles. The third-order valence-electron chi connectivity index (χ3n) is 5.02. The second-order valence-corrected chi connectivity index (χ2v) is 7.67. The molecule has 1 aromatic carbocycles. The molecule has 0 saturated heterocycles. The molecule has 0 fully saturated rings. The van der Waals surface area contributed by atoms with Gasteiger partial charge in [-0.05, 0) is 25.0 Å². The highest BCUT2D eigenvalue weighted by atomic mass is 16.7. The minimum Gasteiger partial charge on any atom is -0.504 e. The molecule has 0 aromatic heterocycles. The van der Waals surface area contributed by atoms with Crippen LogP contribution in [0.1, 0.15) is 103 Å². The van der Waals surface area contributed by atoms with Crippen molar-refractivity contribution in [2.24, 2.45) is 0 Å². The van der Waals surface area contributed by atoms with E-state index < -0.39 is 12.4 Å². The Hall–Kier alpha value is -1.79. The summed E-state index contributed by atoms with van der Waals surface area (Å²) in [6.07, 6.45) is 11.6. The minimum atomic E-state index is -1.47. The summed E-state index contributed by atoms with van der Waals surface area (Å²) in [4.78, 5) is 10.8. The molecule has 0 aliphatic heterocycles. The van der Waals surface area contributed by atoms with E-state index in [-0.39, 0.29) is 11.5 Å². The van der Waals surface area contributed by atoms with Crippen molar-refractivity contribution in [1.29, 1.82) is 0 Å². The smallest absolute Gasteiger partial charge is 0.504 e. The molecule has 0 atom stereocenters. The Labute approximate surface area is 181 Å². The first-order chi connectivity index (χ1) is 14.6. The average Bonchev–Trinajstić information content (AvgIpc) is 2.72. The van der Waals surface area contributed by atoms with Gasteiger partial charge in [-0.15, -0.1) is 0 Å². The molecule has 6 nitrogen and oxygen atoms in total. The van der Waals surface area contributed by atoms with E-state index in [1.165, 1.54) is 57.4 Å². The van der Waals surface area contributed by atoms with Crippen molar-refractivity contribution in [2.45, 2.75) is 97.2 Å². The van der Waals surface area contributed by atoms with Gasteiger partial charge in [0.2, 0.25) is 0 Å². The molecule has 172 valence electrons. The first-order valence-corrected chi connectivity index (χ1v) is 11.6. The van der Waals surface area contributed by atoms with Gasteiger partial charge in [0.1, 0.15) is 0 Å². The first-order valence-electron chi connectivity index (χ1n) is 11.6. The van der Waals surface area contributed by atoms with Crippen LogP contribution in [0.4, 0.5) is 4.79 Å². The lowest BCUT2D eigenvalue weighted by Crippen LogP contribution is -2.12. The topological polar surface area (TPSA) is 85.2 Å². The molecule has 0 spiro atoms. The van der Waals surface area contributed by atoms with E-state index in [0.717, 1.165) is 25.7 Å². The number of para-hydroxylation sites is 1. The molecular weight excluding hydrogens is 384 g/mol. The van der Waals surface area contributed by atoms with Crippen LogP contribution in [0.5, 0.6) is 11.5 Å². The zero-order chi connectivity index (χ0) is 22.0. The number of phenols is 1. The number of ether oxygens (including phenoxy) is 3. The van der Waals surface area contributed by atoms with E-state index in [1.807, 2.05) is 0 Å². The third kappa shape index (κ3) is 11.4. The van der Waals surface area contributed by atoms with Crippen LogP contribution in [0.15, 0.2) is 18.2 Å². The molecular formula is C24H40O6. The third-order valence-corrected chi connectivity index (χ3v) is 5.02. The Balaban J connectivity index is 2.60. The Bertz CT molecular complexity index is 557. The number of unbranched alkanes of at least 4 members (excludes halogenated alkanes) is 10. The molecule has 2 N–H and O–H groups in total. The fourth-order valence-corrected chi connectivity index (χ4v) is 3.28. The highest BCUT2D eigenvalue weighted by Gasteiger charge is 2.20. The predicted molar refractivity (Wildman–Crippen MR) is 118 cm³/mol. The lowest BCUT2D eigenvalue weighted by molar-refractivity contribution is -0.149. The largest absolute Gasteiger partial charge is 0.511 e. The molecule has 0 saturated carbocycles. The maximum atomic E-state index is 10.8. The van der Waals surface area contributed by atoms with Crippen molar-refractivity contribution in [3.8, 4) is 11.5 Å². The van der Waals surface area contributed by atoms with Crippen LogP contribution in [0.3, 0.4) is 0 Å². The van der Waals surface area contributed by atoms with Crippen LogP contribution in [-0.4, -0.2) is 29.6 Å². The number of hydrogen-bond donors (Lipinski definition) is 2. The van der Waals surface area contributed by atoms with Crippen molar-refractivity contribution in [2.75, 3.05) is 13.2 Å². The van der Waals surface area contributed by atoms with E-state index >= 15 is 0 Å². The predicted octanol–water partition coefficient (Wildman–Crippen LogP) is 7.20. The second kappa shape index (κ2) is 16.9. The highest BCUT2D eigenvalue weighted by molar-refractivity contribution is 5.63. The lowest BCUT2D eigenvalue weighted by Gasteiger charge is -2.21. The van der Waals surface area contributed by atoms with Crippen molar-refractivity contribution < 1.29 is 29.2 Å². The van der Waals surface area contributed by atoms with Gasteiger partial charge >= 0.3 is 6.16 Å². The van der Waals surface area contributed by atoms with Crippen molar-refractivity contribution in [3.63, 3.8) is 0 Å². The van der Waals surface area contributed by atoms with Crippen molar-refractivity contribution in [3.05, 3.63) is 23.8 Å². The van der Waals surface area contributed by atoms with E-state index in [9.17, 15) is 9.90 Å². The molecule has 1 rings (SSSR count). The number of aromatic hydroxyl groups is 1. The van der Waals surface area contributed by atoms with Crippen LogP contribution in [-0.2, 0) is 9.47 Å². The summed E-state index contributed by atoms with van der Waals surface area (Å²) in [7, 11) is 0. The number of hydrogen-bond acceptors (Lipinski definition) is 5. The Morgan fingerprint density at radius 3 is 1.83 bits per heavy atom. The van der Waals surface area contributed by atoms with Crippen molar-refractivity contribution >= 4 is 6.16 Å². The van der Waals surface area contributed by atoms with Gasteiger partial charge in [0.15, 0.2) is 17.8 Å². The van der Waals surface area contributed by atoms with E-state index in [1.54, 1.807) is 12.1 Å². The monoisotopic (exact) mass is 424 g/mol. The van der Waals surface area contributed by atoms with Crippen LogP contribution < -0.4 is 4.74 Å². The second-order valence-electron chi connectivity index (χ2n) is 7.67. The summed E-state index contributed by atoms with van der Waals surface area (Å²) in [5.74, 6) is -0.368. The number of carboxylic acid groups (broad SMARTS) is 1. The number of carbonyl (C=O) groups is 1. The van der Waals surface area contributed by atoms with Crippen molar-refractivity contribution in [1.82, 2.24) is 0 Å². The van der Waals surface area contributed by atoms with Gasteiger partial charge in [0.25, 0.3) is 0 Å². The van der Waals surface area contributed by atoms with E-state index in [0.29, 0.717) is 18.8 Å². The van der Waals surface area contributed by atoms with Gasteiger partial charge in [0, 0.05) is 0 Å². The Morgan fingerprint density at radius 1 is 0.833 bits per heavy atom. The normalized spacial score (nSPS) is 11.2. The SMILES string of the molecule is CCCCCCCCOC(OCCCCCCCC)c1cccc(OC(=O)O)c1O. The molecule has 6 heteroatoms. The lowest BCUT2D eigenvalue weighted by atomic mass is 10.1. The summed E-state index contributed by atoms with van der Waals surface area (Å²) in [6, 6.07) is 4.71. The van der Waals surface area contributed by atoms with Crippen LogP contribution in [0, 0.1) is 0 Å². The standard InChI is InChI=1S/C24H40O6/c1-3-5-7-9-11-13-18-28-23(29-19-14-12-10-8-6-4-2)20-16-15-17-21(22(20)25)30-24(26)27/h15-17,23,25H,3-14,18-19H2,1-2H3,(H,26,27). The molecule has 0 amide bonds. The fourth-order valence-electron chi connectivity index (χ4n) is 3.28. The van der Waals surface area contributed by atoms with Gasteiger partial charge in [-0.2, -0.15) is 0 Å². The maximum absolute atomic E-state index is 10.8.